The van der Waals surface area contributed by atoms with Crippen molar-refractivity contribution in [1.82, 2.24) is 5.32 Å². The molecule has 0 saturated carbocycles. The Balaban J connectivity index is 1.83. The van der Waals surface area contributed by atoms with Gasteiger partial charge >= 0.3 is 0 Å². The third-order valence-corrected chi connectivity index (χ3v) is 3.56. The Bertz CT molecular complexity index is 534. The van der Waals surface area contributed by atoms with Gasteiger partial charge in [-0.15, -0.1) is 0 Å². The van der Waals surface area contributed by atoms with Crippen LogP contribution in [-0.4, -0.2) is 6.54 Å². The predicted octanol–water partition coefficient (Wildman–Crippen LogP) is 4.18. The molecule has 0 aliphatic heterocycles. The first kappa shape index (κ1) is 15.3. The van der Waals surface area contributed by atoms with Gasteiger partial charge in [0, 0.05) is 4.47 Å². The minimum absolute atomic E-state index is 0.503. The molecule has 1 N–H and O–H groups in total. The maximum atomic E-state index is 5.78. The SMILES string of the molecule is CCNCc1oc(COCc2ccc(Br)cc2)cc1C. The van der Waals surface area contributed by atoms with Crippen LogP contribution in [0, 0.1) is 6.92 Å². The number of hydrogen-bond donors (Lipinski definition) is 1. The Labute approximate surface area is 128 Å². The van der Waals surface area contributed by atoms with Crippen LogP contribution in [0.25, 0.3) is 0 Å². The number of benzene rings is 1. The Hall–Kier alpha value is -1.10. The molecular formula is C16H20BrNO2. The summed E-state index contributed by atoms with van der Waals surface area (Å²) in [6.07, 6.45) is 0. The van der Waals surface area contributed by atoms with Crippen molar-refractivity contribution >= 4 is 15.9 Å². The van der Waals surface area contributed by atoms with Crippen LogP contribution in [-0.2, 0) is 24.5 Å². The summed E-state index contributed by atoms with van der Waals surface area (Å²) in [6, 6.07) is 10.2. The zero-order chi connectivity index (χ0) is 14.4. The number of ether oxygens (including phenoxy) is 1. The van der Waals surface area contributed by atoms with Gasteiger partial charge in [0.05, 0.1) is 13.2 Å². The van der Waals surface area contributed by atoms with E-state index >= 15 is 0 Å². The average Bonchev–Trinajstić information content (AvgIpc) is 2.79. The Morgan fingerprint density at radius 2 is 1.95 bits per heavy atom. The fourth-order valence-corrected chi connectivity index (χ4v) is 2.19. The molecule has 0 amide bonds. The number of hydrogen-bond acceptors (Lipinski definition) is 3. The summed E-state index contributed by atoms with van der Waals surface area (Å²) in [4.78, 5) is 0. The van der Waals surface area contributed by atoms with Gasteiger partial charge in [-0.3, -0.25) is 0 Å². The van der Waals surface area contributed by atoms with Crippen LogP contribution < -0.4 is 5.32 Å². The molecule has 0 radical (unpaired) electrons. The Morgan fingerprint density at radius 1 is 1.20 bits per heavy atom. The molecular weight excluding hydrogens is 318 g/mol. The standard InChI is InChI=1S/C16H20BrNO2/c1-3-18-9-16-12(2)8-15(20-16)11-19-10-13-4-6-14(17)7-5-13/h4-8,18H,3,9-11H2,1-2H3. The summed E-state index contributed by atoms with van der Waals surface area (Å²) in [5, 5.41) is 3.27. The molecule has 0 saturated heterocycles. The van der Waals surface area contributed by atoms with Crippen LogP contribution in [0.1, 0.15) is 29.6 Å². The first-order valence-corrected chi connectivity index (χ1v) is 7.59. The molecule has 1 aromatic carbocycles. The van der Waals surface area contributed by atoms with E-state index in [2.05, 4.69) is 35.1 Å². The van der Waals surface area contributed by atoms with Gasteiger partial charge in [-0.05, 0) is 42.8 Å². The molecule has 3 nitrogen and oxygen atoms in total. The third-order valence-electron chi connectivity index (χ3n) is 3.03. The summed E-state index contributed by atoms with van der Waals surface area (Å²) in [6.45, 7) is 6.96. The molecule has 0 bridgehead atoms. The number of aryl methyl sites for hydroxylation is 1. The van der Waals surface area contributed by atoms with Crippen molar-refractivity contribution < 1.29 is 9.15 Å². The molecule has 2 aromatic rings. The van der Waals surface area contributed by atoms with Crippen molar-refractivity contribution in [2.45, 2.75) is 33.6 Å². The van der Waals surface area contributed by atoms with Gasteiger partial charge in [-0.25, -0.2) is 0 Å². The fourth-order valence-electron chi connectivity index (χ4n) is 1.93. The molecule has 0 aliphatic carbocycles. The van der Waals surface area contributed by atoms with Crippen molar-refractivity contribution in [2.75, 3.05) is 6.54 Å². The normalized spacial score (nSPS) is 10.9. The smallest absolute Gasteiger partial charge is 0.130 e. The maximum absolute atomic E-state index is 5.78. The van der Waals surface area contributed by atoms with Crippen molar-refractivity contribution in [3.8, 4) is 0 Å². The van der Waals surface area contributed by atoms with Gasteiger partial charge in [-0.2, -0.15) is 0 Å². The highest BCUT2D eigenvalue weighted by molar-refractivity contribution is 9.10. The minimum atomic E-state index is 0.503. The van der Waals surface area contributed by atoms with Gasteiger partial charge in [0.2, 0.25) is 0 Å². The number of furan rings is 1. The van der Waals surface area contributed by atoms with Crippen LogP contribution >= 0.6 is 15.9 Å². The molecule has 0 unspecified atom stereocenters. The summed E-state index contributed by atoms with van der Waals surface area (Å²) in [7, 11) is 0. The van der Waals surface area contributed by atoms with Crippen LogP contribution in [0.4, 0.5) is 0 Å². The monoisotopic (exact) mass is 337 g/mol. The highest BCUT2D eigenvalue weighted by atomic mass is 79.9. The van der Waals surface area contributed by atoms with Crippen molar-refractivity contribution in [1.29, 1.82) is 0 Å². The Kier molecular flexibility index (Phi) is 5.83. The largest absolute Gasteiger partial charge is 0.462 e. The predicted molar refractivity (Wildman–Crippen MR) is 83.5 cm³/mol. The molecule has 0 fully saturated rings. The van der Waals surface area contributed by atoms with E-state index in [9.17, 15) is 0 Å². The quantitative estimate of drug-likeness (QED) is 0.823. The van der Waals surface area contributed by atoms with Gasteiger partial charge in [0.25, 0.3) is 0 Å². The lowest BCUT2D eigenvalue weighted by Gasteiger charge is -2.03. The van der Waals surface area contributed by atoms with E-state index in [1.165, 1.54) is 5.56 Å². The second-order valence-corrected chi connectivity index (χ2v) is 5.63. The first-order valence-electron chi connectivity index (χ1n) is 6.80. The summed E-state index contributed by atoms with van der Waals surface area (Å²) < 4.78 is 12.5. The number of nitrogens with one attached hydrogen (secondary N) is 1. The lowest BCUT2D eigenvalue weighted by molar-refractivity contribution is 0.0920. The highest BCUT2D eigenvalue weighted by Crippen LogP contribution is 2.16. The zero-order valence-corrected chi connectivity index (χ0v) is 13.5. The molecule has 1 heterocycles. The number of halogens is 1. The minimum Gasteiger partial charge on any atom is -0.462 e. The van der Waals surface area contributed by atoms with E-state index in [0.717, 1.165) is 34.6 Å². The van der Waals surface area contributed by atoms with E-state index in [4.69, 9.17) is 9.15 Å². The lowest BCUT2D eigenvalue weighted by atomic mass is 10.2. The maximum Gasteiger partial charge on any atom is 0.130 e. The van der Waals surface area contributed by atoms with Crippen molar-refractivity contribution in [3.05, 3.63) is 57.5 Å². The highest BCUT2D eigenvalue weighted by Gasteiger charge is 2.07. The molecule has 2 rings (SSSR count). The molecule has 1 aromatic heterocycles. The van der Waals surface area contributed by atoms with Crippen LogP contribution in [0.15, 0.2) is 39.2 Å². The van der Waals surface area contributed by atoms with Gasteiger partial charge in [0.1, 0.15) is 18.1 Å². The molecule has 0 spiro atoms. The second-order valence-electron chi connectivity index (χ2n) is 4.72. The zero-order valence-electron chi connectivity index (χ0n) is 11.9. The van der Waals surface area contributed by atoms with E-state index in [1.807, 2.05) is 30.3 Å². The first-order chi connectivity index (χ1) is 9.69. The molecule has 0 atom stereocenters. The van der Waals surface area contributed by atoms with Crippen molar-refractivity contribution in [2.24, 2.45) is 0 Å². The van der Waals surface area contributed by atoms with Crippen LogP contribution in [0.3, 0.4) is 0 Å². The number of rotatable bonds is 7. The van der Waals surface area contributed by atoms with E-state index in [1.54, 1.807) is 0 Å². The summed E-state index contributed by atoms with van der Waals surface area (Å²) in [5.41, 5.74) is 2.33. The van der Waals surface area contributed by atoms with Gasteiger partial charge < -0.3 is 14.5 Å². The van der Waals surface area contributed by atoms with Crippen LogP contribution in [0.5, 0.6) is 0 Å². The summed E-state index contributed by atoms with van der Waals surface area (Å²) in [5.74, 6) is 1.88. The molecule has 0 aliphatic rings. The van der Waals surface area contributed by atoms with Gasteiger partial charge in [0.15, 0.2) is 0 Å². The third kappa shape index (κ3) is 4.47. The van der Waals surface area contributed by atoms with E-state index in [-0.39, 0.29) is 0 Å². The summed E-state index contributed by atoms with van der Waals surface area (Å²) >= 11 is 3.42. The fraction of sp³-hybridized carbons (Fsp3) is 0.375. The molecule has 108 valence electrons. The lowest BCUT2D eigenvalue weighted by Crippen LogP contribution is -2.11. The van der Waals surface area contributed by atoms with Crippen LogP contribution in [0.2, 0.25) is 0 Å². The van der Waals surface area contributed by atoms with E-state index < -0.39 is 0 Å². The Morgan fingerprint density at radius 3 is 2.65 bits per heavy atom. The van der Waals surface area contributed by atoms with E-state index in [0.29, 0.717) is 13.2 Å². The molecule has 4 heteroatoms. The second kappa shape index (κ2) is 7.62. The topological polar surface area (TPSA) is 34.4 Å². The average molecular weight is 338 g/mol. The molecule has 20 heavy (non-hydrogen) atoms. The van der Waals surface area contributed by atoms with Gasteiger partial charge in [-0.1, -0.05) is 35.0 Å². The van der Waals surface area contributed by atoms with Crippen molar-refractivity contribution in [3.63, 3.8) is 0 Å².